The fourth-order valence-corrected chi connectivity index (χ4v) is 4.10. The Balaban J connectivity index is 1.83. The van der Waals surface area contributed by atoms with Crippen molar-refractivity contribution in [2.24, 2.45) is 5.41 Å². The molecule has 0 aliphatic heterocycles. The third kappa shape index (κ3) is 5.66. The van der Waals surface area contributed by atoms with Crippen LogP contribution in [0.1, 0.15) is 89.5 Å². The van der Waals surface area contributed by atoms with Crippen molar-refractivity contribution in [3.8, 4) is 5.75 Å². The van der Waals surface area contributed by atoms with Gasteiger partial charge in [-0.3, -0.25) is 0 Å². The number of benzene rings is 1. The molecule has 0 atom stereocenters. The van der Waals surface area contributed by atoms with E-state index < -0.39 is 0 Å². The SMILES string of the molecule is CCCCCCCC1(CCc2ccc(O)cc2)CCCCC1. The predicted octanol–water partition coefficient (Wildman–Crippen LogP) is 6.64. The number of aromatic hydroxyl groups is 1. The maximum absolute atomic E-state index is 9.41. The third-order valence-electron chi connectivity index (χ3n) is 5.61. The van der Waals surface area contributed by atoms with Crippen molar-refractivity contribution in [1.82, 2.24) is 0 Å². The quantitative estimate of drug-likeness (QED) is 0.507. The molecule has 2 rings (SSSR count). The number of hydrogen-bond acceptors (Lipinski definition) is 1. The van der Waals surface area contributed by atoms with Crippen LogP contribution >= 0.6 is 0 Å². The van der Waals surface area contributed by atoms with E-state index in [-0.39, 0.29) is 0 Å². The molecular weight excluding hydrogens is 268 g/mol. The van der Waals surface area contributed by atoms with Gasteiger partial charge in [-0.2, -0.15) is 0 Å². The Kier molecular flexibility index (Phi) is 7.29. The maximum atomic E-state index is 9.41. The summed E-state index contributed by atoms with van der Waals surface area (Å²) in [7, 11) is 0. The molecule has 0 heterocycles. The Morgan fingerprint density at radius 1 is 0.864 bits per heavy atom. The number of aryl methyl sites for hydroxylation is 1. The first-order valence-corrected chi connectivity index (χ1v) is 9.52. The number of phenolic OH excluding ortho intramolecular Hbond substituents is 1. The minimum absolute atomic E-state index is 0.382. The van der Waals surface area contributed by atoms with Crippen LogP contribution in [0.15, 0.2) is 24.3 Å². The minimum Gasteiger partial charge on any atom is -0.508 e. The number of unbranched alkanes of at least 4 members (excludes halogenated alkanes) is 4. The first kappa shape index (κ1) is 17.4. The van der Waals surface area contributed by atoms with Gasteiger partial charge in [0.05, 0.1) is 0 Å². The Labute approximate surface area is 137 Å². The second-order valence-corrected chi connectivity index (χ2v) is 7.39. The van der Waals surface area contributed by atoms with E-state index in [0.29, 0.717) is 11.2 Å². The molecule has 1 aromatic rings. The average molecular weight is 303 g/mol. The van der Waals surface area contributed by atoms with Crippen molar-refractivity contribution in [3.63, 3.8) is 0 Å². The topological polar surface area (TPSA) is 20.2 Å². The Hall–Kier alpha value is -0.980. The zero-order valence-corrected chi connectivity index (χ0v) is 14.4. The van der Waals surface area contributed by atoms with E-state index in [2.05, 4.69) is 19.1 Å². The highest BCUT2D eigenvalue weighted by Crippen LogP contribution is 2.44. The highest BCUT2D eigenvalue weighted by molar-refractivity contribution is 5.26. The lowest BCUT2D eigenvalue weighted by atomic mass is 9.68. The number of phenols is 1. The van der Waals surface area contributed by atoms with Crippen molar-refractivity contribution in [3.05, 3.63) is 29.8 Å². The van der Waals surface area contributed by atoms with Crippen molar-refractivity contribution in [2.45, 2.75) is 90.4 Å². The molecule has 1 aliphatic carbocycles. The highest BCUT2D eigenvalue weighted by Gasteiger charge is 2.30. The van der Waals surface area contributed by atoms with E-state index in [0.717, 1.165) is 0 Å². The fourth-order valence-electron chi connectivity index (χ4n) is 4.10. The van der Waals surface area contributed by atoms with E-state index in [4.69, 9.17) is 0 Å². The van der Waals surface area contributed by atoms with Crippen molar-refractivity contribution in [1.29, 1.82) is 0 Å². The van der Waals surface area contributed by atoms with Gasteiger partial charge < -0.3 is 5.11 Å². The first-order valence-electron chi connectivity index (χ1n) is 9.52. The Morgan fingerprint density at radius 2 is 1.55 bits per heavy atom. The third-order valence-corrected chi connectivity index (χ3v) is 5.61. The minimum atomic E-state index is 0.382. The van der Waals surface area contributed by atoms with Crippen LogP contribution < -0.4 is 0 Å². The molecule has 1 heteroatoms. The summed E-state index contributed by atoms with van der Waals surface area (Å²) < 4.78 is 0. The molecule has 1 nitrogen and oxygen atoms in total. The van der Waals surface area contributed by atoms with Gasteiger partial charge in [0.1, 0.15) is 5.75 Å². The summed E-state index contributed by atoms with van der Waals surface area (Å²) in [6.07, 6.45) is 18.2. The molecule has 1 aromatic carbocycles. The van der Waals surface area contributed by atoms with Crippen LogP contribution in [0.4, 0.5) is 0 Å². The smallest absolute Gasteiger partial charge is 0.115 e. The second-order valence-electron chi connectivity index (χ2n) is 7.39. The van der Waals surface area contributed by atoms with Crippen LogP contribution in [-0.2, 0) is 6.42 Å². The van der Waals surface area contributed by atoms with Gasteiger partial charge in [0.25, 0.3) is 0 Å². The van der Waals surface area contributed by atoms with Crippen LogP contribution in [0.2, 0.25) is 0 Å². The summed E-state index contributed by atoms with van der Waals surface area (Å²) in [6, 6.07) is 7.83. The lowest BCUT2D eigenvalue weighted by Gasteiger charge is -2.38. The van der Waals surface area contributed by atoms with Crippen molar-refractivity contribution in [2.75, 3.05) is 0 Å². The first-order chi connectivity index (χ1) is 10.7. The summed E-state index contributed by atoms with van der Waals surface area (Å²) in [4.78, 5) is 0. The monoisotopic (exact) mass is 302 g/mol. The Bertz CT molecular complexity index is 400. The molecule has 0 amide bonds. The molecule has 1 fully saturated rings. The van der Waals surface area contributed by atoms with Crippen LogP contribution in [0.5, 0.6) is 5.75 Å². The van der Waals surface area contributed by atoms with E-state index >= 15 is 0 Å². The summed E-state index contributed by atoms with van der Waals surface area (Å²) in [5.41, 5.74) is 2.00. The maximum Gasteiger partial charge on any atom is 0.115 e. The summed E-state index contributed by atoms with van der Waals surface area (Å²) >= 11 is 0. The standard InChI is InChI=1S/C21H34O/c1-2-3-4-5-7-15-21(16-8-6-9-17-21)18-14-19-10-12-20(22)13-11-19/h10-13,22H,2-9,14-18H2,1H3. The Morgan fingerprint density at radius 3 is 2.23 bits per heavy atom. The van der Waals surface area contributed by atoms with Gasteiger partial charge in [0.15, 0.2) is 0 Å². The summed E-state index contributed by atoms with van der Waals surface area (Å²) in [5, 5.41) is 9.41. The molecule has 1 N–H and O–H groups in total. The van der Waals surface area contributed by atoms with E-state index in [1.54, 1.807) is 0 Å². The average Bonchev–Trinajstić information content (AvgIpc) is 2.55. The number of rotatable bonds is 9. The van der Waals surface area contributed by atoms with E-state index in [1.807, 2.05) is 12.1 Å². The lowest BCUT2D eigenvalue weighted by molar-refractivity contribution is 0.152. The normalized spacial score (nSPS) is 17.5. The van der Waals surface area contributed by atoms with Gasteiger partial charge in [0.2, 0.25) is 0 Å². The molecule has 124 valence electrons. The lowest BCUT2D eigenvalue weighted by Crippen LogP contribution is -2.25. The molecule has 0 aromatic heterocycles. The van der Waals surface area contributed by atoms with Gasteiger partial charge in [-0.25, -0.2) is 0 Å². The molecule has 0 radical (unpaired) electrons. The molecule has 22 heavy (non-hydrogen) atoms. The largest absolute Gasteiger partial charge is 0.508 e. The van der Waals surface area contributed by atoms with Crippen molar-refractivity contribution < 1.29 is 5.11 Å². The van der Waals surface area contributed by atoms with Gasteiger partial charge in [0, 0.05) is 0 Å². The molecule has 1 saturated carbocycles. The molecular formula is C21H34O. The highest BCUT2D eigenvalue weighted by atomic mass is 16.3. The molecule has 0 bridgehead atoms. The second kappa shape index (κ2) is 9.22. The van der Waals surface area contributed by atoms with Gasteiger partial charge in [-0.05, 0) is 55.2 Å². The van der Waals surface area contributed by atoms with E-state index in [9.17, 15) is 5.11 Å². The molecule has 0 unspecified atom stereocenters. The van der Waals surface area contributed by atoms with Crippen LogP contribution in [0.3, 0.4) is 0 Å². The van der Waals surface area contributed by atoms with Crippen LogP contribution in [0, 0.1) is 5.41 Å². The predicted molar refractivity (Wildman–Crippen MR) is 95.3 cm³/mol. The summed E-state index contributed by atoms with van der Waals surface area (Å²) in [5.74, 6) is 0.382. The van der Waals surface area contributed by atoms with Crippen LogP contribution in [0.25, 0.3) is 0 Å². The fraction of sp³-hybridized carbons (Fsp3) is 0.714. The molecule has 1 aliphatic rings. The zero-order chi connectivity index (χ0) is 15.7. The van der Waals surface area contributed by atoms with Crippen LogP contribution in [-0.4, -0.2) is 5.11 Å². The van der Waals surface area contributed by atoms with E-state index in [1.165, 1.54) is 89.0 Å². The zero-order valence-electron chi connectivity index (χ0n) is 14.4. The van der Waals surface area contributed by atoms with Gasteiger partial charge >= 0.3 is 0 Å². The van der Waals surface area contributed by atoms with Gasteiger partial charge in [-0.15, -0.1) is 0 Å². The molecule has 0 saturated heterocycles. The summed E-state index contributed by atoms with van der Waals surface area (Å²) in [6.45, 7) is 2.29. The van der Waals surface area contributed by atoms with Gasteiger partial charge in [-0.1, -0.05) is 70.4 Å². The molecule has 0 spiro atoms. The number of hydrogen-bond donors (Lipinski definition) is 1. The van der Waals surface area contributed by atoms with Crippen molar-refractivity contribution >= 4 is 0 Å².